The lowest BCUT2D eigenvalue weighted by Crippen LogP contribution is -2.41. The molecule has 2 heterocycles. The summed E-state index contributed by atoms with van der Waals surface area (Å²) in [6.45, 7) is 3.82. The van der Waals surface area contributed by atoms with E-state index < -0.39 is 11.8 Å². The van der Waals surface area contributed by atoms with Gasteiger partial charge in [0.25, 0.3) is 0 Å². The molecule has 0 aliphatic heterocycles. The number of carbonyl (C=O) groups excluding carboxylic acids is 3. The Morgan fingerprint density at radius 3 is 2.55 bits per heavy atom. The van der Waals surface area contributed by atoms with Gasteiger partial charge in [0.1, 0.15) is 0 Å². The van der Waals surface area contributed by atoms with E-state index in [-0.39, 0.29) is 24.4 Å². The lowest BCUT2D eigenvalue weighted by atomic mass is 10.1. The largest absolute Gasteiger partial charge is 0.459 e. The highest BCUT2D eigenvalue weighted by molar-refractivity contribution is 7.12. The van der Waals surface area contributed by atoms with E-state index in [4.69, 9.17) is 4.42 Å². The second kappa shape index (κ2) is 7.04. The van der Waals surface area contributed by atoms with Crippen LogP contribution in [-0.4, -0.2) is 17.6 Å². The molecule has 0 saturated carbocycles. The molecule has 0 radical (unpaired) electrons. The van der Waals surface area contributed by atoms with Gasteiger partial charge in [0.2, 0.25) is 5.91 Å². The maximum Gasteiger partial charge on any atom is 0.305 e. The predicted molar refractivity (Wildman–Crippen MR) is 81.7 cm³/mol. The number of hydrogen-bond acceptors (Lipinski definition) is 5. The van der Waals surface area contributed by atoms with E-state index >= 15 is 0 Å². The van der Waals surface area contributed by atoms with E-state index in [0.29, 0.717) is 5.56 Å². The zero-order valence-corrected chi connectivity index (χ0v) is 13.1. The van der Waals surface area contributed by atoms with Gasteiger partial charge in [-0.15, -0.1) is 11.3 Å². The predicted octanol–water partition coefficient (Wildman–Crippen LogP) is 2.38. The Labute approximate surface area is 131 Å². The van der Waals surface area contributed by atoms with Crippen LogP contribution >= 0.6 is 11.3 Å². The summed E-state index contributed by atoms with van der Waals surface area (Å²) in [5.41, 5.74) is 5.13. The first-order valence-electron chi connectivity index (χ1n) is 6.70. The van der Waals surface area contributed by atoms with Gasteiger partial charge in [-0.3, -0.25) is 25.2 Å². The monoisotopic (exact) mass is 320 g/mol. The average molecular weight is 320 g/mol. The fraction of sp³-hybridized carbons (Fsp3) is 0.267. The van der Waals surface area contributed by atoms with Gasteiger partial charge in [-0.1, -0.05) is 0 Å². The minimum Gasteiger partial charge on any atom is -0.459 e. The molecule has 2 aromatic rings. The van der Waals surface area contributed by atoms with E-state index in [1.54, 1.807) is 17.4 Å². The van der Waals surface area contributed by atoms with Crippen LogP contribution in [0.2, 0.25) is 0 Å². The molecule has 0 fully saturated rings. The van der Waals surface area contributed by atoms with E-state index in [9.17, 15) is 14.4 Å². The molecule has 2 aromatic heterocycles. The zero-order chi connectivity index (χ0) is 16.1. The lowest BCUT2D eigenvalue weighted by molar-refractivity contribution is -0.121. The number of amides is 2. The average Bonchev–Trinajstić information content (AvgIpc) is 3.11. The number of aryl methyl sites for hydroxylation is 2. The first kappa shape index (κ1) is 16.0. The van der Waals surface area contributed by atoms with Crippen molar-refractivity contribution in [1.29, 1.82) is 0 Å². The Bertz CT molecular complexity index is 688. The van der Waals surface area contributed by atoms with Gasteiger partial charge in [-0.2, -0.15) is 0 Å². The van der Waals surface area contributed by atoms with Crippen molar-refractivity contribution in [3.8, 4) is 0 Å². The third kappa shape index (κ3) is 4.05. The van der Waals surface area contributed by atoms with Gasteiger partial charge < -0.3 is 4.42 Å². The van der Waals surface area contributed by atoms with Crippen LogP contribution in [0.25, 0.3) is 0 Å². The van der Waals surface area contributed by atoms with Crippen molar-refractivity contribution in [3.63, 3.8) is 0 Å². The highest BCUT2D eigenvalue weighted by Gasteiger charge is 2.14. The van der Waals surface area contributed by atoms with Crippen LogP contribution in [0, 0.1) is 13.8 Å². The van der Waals surface area contributed by atoms with Crippen molar-refractivity contribution < 1.29 is 18.8 Å². The SMILES string of the molecule is Cc1cc(C(=O)CCC(=O)NNC(=O)c2ccco2)c(C)s1. The van der Waals surface area contributed by atoms with Crippen LogP contribution in [0.15, 0.2) is 28.9 Å². The van der Waals surface area contributed by atoms with Gasteiger partial charge in [-0.25, -0.2) is 0 Å². The molecule has 22 heavy (non-hydrogen) atoms. The molecule has 0 aliphatic carbocycles. The molecule has 7 heteroatoms. The molecule has 0 bridgehead atoms. The van der Waals surface area contributed by atoms with Crippen molar-refractivity contribution in [2.75, 3.05) is 0 Å². The minimum atomic E-state index is -0.547. The van der Waals surface area contributed by atoms with Crippen molar-refractivity contribution in [2.24, 2.45) is 0 Å². The third-order valence-corrected chi connectivity index (χ3v) is 3.95. The topological polar surface area (TPSA) is 88.4 Å². The number of nitrogens with one attached hydrogen (secondary N) is 2. The number of carbonyl (C=O) groups is 3. The van der Waals surface area contributed by atoms with Gasteiger partial charge in [-0.05, 0) is 32.0 Å². The third-order valence-electron chi connectivity index (χ3n) is 2.98. The van der Waals surface area contributed by atoms with E-state index in [1.165, 1.54) is 12.3 Å². The number of rotatable bonds is 5. The van der Waals surface area contributed by atoms with Crippen LogP contribution in [0.5, 0.6) is 0 Å². The molecule has 0 saturated heterocycles. The van der Waals surface area contributed by atoms with E-state index in [2.05, 4.69) is 10.9 Å². The summed E-state index contributed by atoms with van der Waals surface area (Å²) in [5.74, 6) is -0.957. The Morgan fingerprint density at radius 1 is 1.18 bits per heavy atom. The quantitative estimate of drug-likeness (QED) is 0.654. The summed E-state index contributed by atoms with van der Waals surface area (Å²) in [7, 11) is 0. The van der Waals surface area contributed by atoms with Crippen LogP contribution in [-0.2, 0) is 4.79 Å². The molecule has 0 aliphatic rings. The van der Waals surface area contributed by atoms with Crippen LogP contribution in [0.4, 0.5) is 0 Å². The van der Waals surface area contributed by atoms with Crippen molar-refractivity contribution in [3.05, 3.63) is 45.5 Å². The molecular formula is C15H16N2O4S. The lowest BCUT2D eigenvalue weighted by Gasteiger charge is -2.05. The maximum atomic E-state index is 12.0. The molecule has 0 aromatic carbocycles. The highest BCUT2D eigenvalue weighted by atomic mass is 32.1. The van der Waals surface area contributed by atoms with Crippen molar-refractivity contribution in [1.82, 2.24) is 10.9 Å². The molecule has 2 rings (SSSR count). The highest BCUT2D eigenvalue weighted by Crippen LogP contribution is 2.22. The molecule has 2 N–H and O–H groups in total. The first-order chi connectivity index (χ1) is 10.5. The fourth-order valence-corrected chi connectivity index (χ4v) is 2.87. The number of Topliss-reactive ketones (excluding diaryl/α,β-unsaturated/α-hetero) is 1. The van der Waals surface area contributed by atoms with Gasteiger partial charge >= 0.3 is 5.91 Å². The molecule has 0 unspecified atom stereocenters. The van der Waals surface area contributed by atoms with Crippen LogP contribution in [0.1, 0.15) is 43.5 Å². The first-order valence-corrected chi connectivity index (χ1v) is 7.52. The van der Waals surface area contributed by atoms with Gasteiger partial charge in [0.05, 0.1) is 6.26 Å². The zero-order valence-electron chi connectivity index (χ0n) is 12.3. The molecule has 6 nitrogen and oxygen atoms in total. The van der Waals surface area contributed by atoms with E-state index in [1.807, 2.05) is 19.9 Å². The summed E-state index contributed by atoms with van der Waals surface area (Å²) in [6, 6.07) is 4.88. The van der Waals surface area contributed by atoms with Gasteiger partial charge in [0.15, 0.2) is 11.5 Å². The Balaban J connectivity index is 1.77. The Kier molecular flexibility index (Phi) is 5.11. The number of thiophene rings is 1. The number of hydrogen-bond donors (Lipinski definition) is 2. The second-order valence-corrected chi connectivity index (χ2v) is 6.19. The fourth-order valence-electron chi connectivity index (χ4n) is 1.93. The number of furan rings is 1. The Morgan fingerprint density at radius 2 is 1.95 bits per heavy atom. The number of ketones is 1. The Hall–Kier alpha value is -2.41. The molecule has 0 spiro atoms. The summed E-state index contributed by atoms with van der Waals surface area (Å²) in [5, 5.41) is 0. The summed E-state index contributed by atoms with van der Waals surface area (Å²) < 4.78 is 4.88. The normalized spacial score (nSPS) is 10.3. The minimum absolute atomic E-state index is 0.00556. The molecule has 2 amide bonds. The van der Waals surface area contributed by atoms with Crippen molar-refractivity contribution in [2.45, 2.75) is 26.7 Å². The molecular weight excluding hydrogens is 304 g/mol. The standard InChI is InChI=1S/C15H16N2O4S/c1-9-8-11(10(2)22-9)12(18)5-6-14(19)16-17-15(20)13-4-3-7-21-13/h3-4,7-8H,5-6H2,1-2H3,(H,16,19)(H,17,20). The van der Waals surface area contributed by atoms with Crippen molar-refractivity contribution >= 4 is 28.9 Å². The summed E-state index contributed by atoms with van der Waals surface area (Å²) in [4.78, 5) is 37.2. The van der Waals surface area contributed by atoms with Crippen LogP contribution in [0.3, 0.4) is 0 Å². The summed E-state index contributed by atoms with van der Waals surface area (Å²) in [6.07, 6.45) is 1.46. The molecule has 0 atom stereocenters. The number of hydrazine groups is 1. The van der Waals surface area contributed by atoms with E-state index in [0.717, 1.165) is 9.75 Å². The smallest absolute Gasteiger partial charge is 0.305 e. The maximum absolute atomic E-state index is 12.0. The summed E-state index contributed by atoms with van der Waals surface area (Å²) >= 11 is 1.56. The second-order valence-electron chi connectivity index (χ2n) is 4.73. The van der Waals surface area contributed by atoms with Crippen LogP contribution < -0.4 is 10.9 Å². The van der Waals surface area contributed by atoms with Gasteiger partial charge in [0, 0.05) is 28.2 Å². The molecule has 116 valence electrons.